The first-order chi connectivity index (χ1) is 26.6. The summed E-state index contributed by atoms with van der Waals surface area (Å²) in [4.78, 5) is 0. The Labute approximate surface area is 316 Å². The maximum Gasteiger partial charge on any atom is -0.00262 e. The van der Waals surface area contributed by atoms with Gasteiger partial charge in [-0.1, -0.05) is 176 Å². The number of rotatable bonds is 5. The fraction of sp³-hybridized carbons (Fsp3) is 0.0370. The third-order valence-corrected chi connectivity index (χ3v) is 11.3. The highest BCUT2D eigenvalue weighted by Crippen LogP contribution is 2.45. The van der Waals surface area contributed by atoms with Gasteiger partial charge in [0, 0.05) is 0 Å². The molecule has 0 radical (unpaired) electrons. The van der Waals surface area contributed by atoms with Crippen molar-refractivity contribution in [1.29, 1.82) is 0 Å². The second-order valence-corrected chi connectivity index (χ2v) is 14.6. The van der Waals surface area contributed by atoms with E-state index in [-0.39, 0.29) is 0 Å². The maximum absolute atomic E-state index is 2.38. The molecule has 0 spiro atoms. The van der Waals surface area contributed by atoms with E-state index < -0.39 is 0 Å². The van der Waals surface area contributed by atoms with Crippen molar-refractivity contribution < 1.29 is 0 Å². The Hall–Kier alpha value is -6.76. The highest BCUT2D eigenvalue weighted by molar-refractivity contribution is 6.21. The third-order valence-electron chi connectivity index (χ3n) is 11.3. The molecule has 0 atom stereocenters. The molecule has 0 aliphatic rings. The standard InChI is InChI=1S/C54H38/c1-35-30-44(28-29-47(35)52-34-43-15-6-5-13-40(43)31-36(52)2)42-16-11-17-46(33-42)54-50-20-9-7-18-48(50)53(49-19-8-10-21-51(49)54)39-25-22-38(23-26-39)45-27-24-37-12-3-4-14-41(37)32-45/h3-34H,1-2H3. The molecule has 0 saturated carbocycles. The largest absolute Gasteiger partial charge is 0.0616 e. The van der Waals surface area contributed by atoms with Crippen LogP contribution in [0.2, 0.25) is 0 Å². The summed E-state index contributed by atoms with van der Waals surface area (Å²) < 4.78 is 0. The lowest BCUT2D eigenvalue weighted by molar-refractivity contribution is 1.42. The van der Waals surface area contributed by atoms with Crippen molar-refractivity contribution in [3.05, 3.63) is 205 Å². The lowest BCUT2D eigenvalue weighted by Crippen LogP contribution is -1.92. The molecular formula is C54H38. The van der Waals surface area contributed by atoms with Crippen LogP contribution in [0, 0.1) is 13.8 Å². The predicted octanol–water partition coefficient (Wildman–Crippen LogP) is 15.3. The van der Waals surface area contributed by atoms with Crippen molar-refractivity contribution >= 4 is 43.1 Å². The normalized spacial score (nSPS) is 11.5. The summed E-state index contributed by atoms with van der Waals surface area (Å²) in [5, 5.41) is 10.1. The highest BCUT2D eigenvalue weighted by Gasteiger charge is 2.17. The molecule has 0 aromatic heterocycles. The van der Waals surface area contributed by atoms with Crippen LogP contribution in [-0.2, 0) is 0 Å². The molecule has 10 aromatic carbocycles. The van der Waals surface area contributed by atoms with Gasteiger partial charge in [-0.05, 0) is 142 Å². The highest BCUT2D eigenvalue weighted by atomic mass is 14.2. The first-order valence-corrected chi connectivity index (χ1v) is 18.8. The summed E-state index contributed by atoms with van der Waals surface area (Å²) >= 11 is 0. The molecule has 0 amide bonds. The van der Waals surface area contributed by atoms with Crippen LogP contribution in [0.5, 0.6) is 0 Å². The van der Waals surface area contributed by atoms with Crippen LogP contribution in [0.15, 0.2) is 194 Å². The molecule has 0 aliphatic heterocycles. The minimum Gasteiger partial charge on any atom is -0.0616 e. The van der Waals surface area contributed by atoms with Crippen LogP contribution < -0.4 is 0 Å². The second-order valence-electron chi connectivity index (χ2n) is 14.6. The average molecular weight is 687 g/mol. The van der Waals surface area contributed by atoms with Crippen molar-refractivity contribution in [2.24, 2.45) is 0 Å². The molecule has 0 aliphatic carbocycles. The molecule has 0 heteroatoms. The zero-order chi connectivity index (χ0) is 36.2. The first-order valence-electron chi connectivity index (χ1n) is 18.8. The number of fused-ring (bicyclic) bond motifs is 4. The van der Waals surface area contributed by atoms with Crippen LogP contribution >= 0.6 is 0 Å². The van der Waals surface area contributed by atoms with E-state index in [1.165, 1.54) is 110 Å². The Kier molecular flexibility index (Phi) is 7.70. The Morgan fingerprint density at radius 1 is 0.241 bits per heavy atom. The molecule has 0 nitrogen and oxygen atoms in total. The van der Waals surface area contributed by atoms with E-state index in [1.807, 2.05) is 0 Å². The van der Waals surface area contributed by atoms with Gasteiger partial charge < -0.3 is 0 Å². The van der Waals surface area contributed by atoms with Gasteiger partial charge in [0.05, 0.1) is 0 Å². The fourth-order valence-electron chi connectivity index (χ4n) is 8.59. The number of hydrogen-bond acceptors (Lipinski definition) is 0. The van der Waals surface area contributed by atoms with E-state index in [0.717, 1.165) is 0 Å². The summed E-state index contributed by atoms with van der Waals surface area (Å²) in [5.41, 5.74) is 15.1. The molecule has 0 unspecified atom stereocenters. The number of benzene rings is 10. The van der Waals surface area contributed by atoms with E-state index in [1.54, 1.807) is 0 Å². The monoisotopic (exact) mass is 686 g/mol. The van der Waals surface area contributed by atoms with Crippen molar-refractivity contribution in [1.82, 2.24) is 0 Å². The Balaban J connectivity index is 1.07. The Bertz CT molecular complexity index is 3000. The molecule has 10 rings (SSSR count). The van der Waals surface area contributed by atoms with Gasteiger partial charge in [-0.3, -0.25) is 0 Å². The van der Waals surface area contributed by atoms with E-state index >= 15 is 0 Å². The molecule has 10 aromatic rings. The molecule has 0 fully saturated rings. The van der Waals surface area contributed by atoms with E-state index in [9.17, 15) is 0 Å². The molecule has 54 heavy (non-hydrogen) atoms. The molecule has 254 valence electrons. The van der Waals surface area contributed by atoms with E-state index in [0.29, 0.717) is 0 Å². The first kappa shape index (κ1) is 31.9. The zero-order valence-electron chi connectivity index (χ0n) is 30.5. The lowest BCUT2D eigenvalue weighted by atomic mass is 9.85. The summed E-state index contributed by atoms with van der Waals surface area (Å²) in [5.74, 6) is 0. The van der Waals surface area contributed by atoms with E-state index in [2.05, 4.69) is 208 Å². The molecule has 0 bridgehead atoms. The molecule has 0 N–H and O–H groups in total. The van der Waals surface area contributed by atoms with Crippen LogP contribution in [0.1, 0.15) is 11.1 Å². The van der Waals surface area contributed by atoms with Gasteiger partial charge in [-0.2, -0.15) is 0 Å². The number of hydrogen-bond donors (Lipinski definition) is 0. The zero-order valence-corrected chi connectivity index (χ0v) is 30.5. The van der Waals surface area contributed by atoms with Gasteiger partial charge in [-0.15, -0.1) is 0 Å². The summed E-state index contributed by atoms with van der Waals surface area (Å²) in [6, 6.07) is 71.6. The van der Waals surface area contributed by atoms with Crippen LogP contribution in [-0.4, -0.2) is 0 Å². The molecule has 0 saturated heterocycles. The van der Waals surface area contributed by atoms with Gasteiger partial charge in [0.1, 0.15) is 0 Å². The smallest absolute Gasteiger partial charge is 0.00262 e. The van der Waals surface area contributed by atoms with Gasteiger partial charge in [0.15, 0.2) is 0 Å². The van der Waals surface area contributed by atoms with Crippen molar-refractivity contribution in [2.75, 3.05) is 0 Å². The van der Waals surface area contributed by atoms with Crippen molar-refractivity contribution in [2.45, 2.75) is 13.8 Å². The summed E-state index contributed by atoms with van der Waals surface area (Å²) in [7, 11) is 0. The topological polar surface area (TPSA) is 0 Å². The van der Waals surface area contributed by atoms with Crippen molar-refractivity contribution in [3.8, 4) is 55.6 Å². The summed E-state index contributed by atoms with van der Waals surface area (Å²) in [6.45, 7) is 4.46. The molecular weight excluding hydrogens is 649 g/mol. The third kappa shape index (κ3) is 5.47. The van der Waals surface area contributed by atoms with Crippen molar-refractivity contribution in [3.63, 3.8) is 0 Å². The SMILES string of the molecule is Cc1cc(-c2cccc(-c3c4ccccc4c(-c4ccc(-c5ccc6ccccc6c5)cc4)c4ccccc34)c2)ccc1-c1cc2ccccc2cc1C. The average Bonchev–Trinajstić information content (AvgIpc) is 3.22. The molecule has 0 heterocycles. The van der Waals surface area contributed by atoms with Gasteiger partial charge in [0.2, 0.25) is 0 Å². The minimum atomic E-state index is 1.22. The van der Waals surface area contributed by atoms with Gasteiger partial charge >= 0.3 is 0 Å². The number of aryl methyl sites for hydroxylation is 2. The quantitative estimate of drug-likeness (QED) is 0.158. The second kappa shape index (κ2) is 13.0. The Morgan fingerprint density at radius 2 is 0.685 bits per heavy atom. The fourth-order valence-corrected chi connectivity index (χ4v) is 8.59. The van der Waals surface area contributed by atoms with Crippen LogP contribution in [0.25, 0.3) is 98.7 Å². The lowest BCUT2D eigenvalue weighted by Gasteiger charge is -2.18. The van der Waals surface area contributed by atoms with Crippen LogP contribution in [0.3, 0.4) is 0 Å². The van der Waals surface area contributed by atoms with Crippen LogP contribution in [0.4, 0.5) is 0 Å². The summed E-state index contributed by atoms with van der Waals surface area (Å²) in [6.07, 6.45) is 0. The maximum atomic E-state index is 2.38. The van der Waals surface area contributed by atoms with E-state index in [4.69, 9.17) is 0 Å². The van der Waals surface area contributed by atoms with Gasteiger partial charge in [-0.25, -0.2) is 0 Å². The Morgan fingerprint density at radius 3 is 1.33 bits per heavy atom. The predicted molar refractivity (Wildman–Crippen MR) is 233 cm³/mol. The minimum absolute atomic E-state index is 1.22. The van der Waals surface area contributed by atoms with Gasteiger partial charge in [0.25, 0.3) is 0 Å².